The number of hydrogen-bond donors (Lipinski definition) is 3. The van der Waals surface area contributed by atoms with Crippen LogP contribution in [-0.4, -0.2) is 45.3 Å². The van der Waals surface area contributed by atoms with Crippen molar-refractivity contribution in [1.82, 2.24) is 20.2 Å². The summed E-state index contributed by atoms with van der Waals surface area (Å²) in [4.78, 5) is 28.1. The van der Waals surface area contributed by atoms with Gasteiger partial charge in [-0.25, -0.2) is 9.78 Å². The van der Waals surface area contributed by atoms with E-state index in [2.05, 4.69) is 15.6 Å². The van der Waals surface area contributed by atoms with E-state index in [9.17, 15) is 14.7 Å². The third-order valence-corrected chi connectivity index (χ3v) is 6.37. The molecule has 150 valence electrons. The molecule has 27 heavy (non-hydrogen) atoms. The van der Waals surface area contributed by atoms with Crippen LogP contribution in [0.5, 0.6) is 0 Å². The fraction of sp³-hybridized carbons (Fsp3) is 0.737. The number of rotatable bonds is 5. The smallest absolute Gasteiger partial charge is 0.315 e. The van der Waals surface area contributed by atoms with Gasteiger partial charge < -0.3 is 25.0 Å². The van der Waals surface area contributed by atoms with E-state index < -0.39 is 5.97 Å². The molecule has 5 atom stereocenters. The minimum absolute atomic E-state index is 0.0221. The zero-order chi connectivity index (χ0) is 19.8. The molecule has 1 aromatic rings. The number of urea groups is 1. The number of carbonyl (C=O) groups excluding carboxylic acids is 1. The van der Waals surface area contributed by atoms with Crippen LogP contribution >= 0.6 is 0 Å². The van der Waals surface area contributed by atoms with Crippen molar-refractivity contribution in [3.63, 3.8) is 0 Å². The van der Waals surface area contributed by atoms with Crippen LogP contribution < -0.4 is 10.6 Å². The van der Waals surface area contributed by atoms with Crippen molar-refractivity contribution in [2.75, 3.05) is 6.61 Å². The summed E-state index contributed by atoms with van der Waals surface area (Å²) < 4.78 is 7.75. The molecule has 0 radical (unpaired) electrons. The van der Waals surface area contributed by atoms with Gasteiger partial charge in [-0.3, -0.25) is 4.79 Å². The summed E-state index contributed by atoms with van der Waals surface area (Å²) in [5.74, 6) is -0.0788. The Morgan fingerprint density at radius 1 is 1.41 bits per heavy atom. The summed E-state index contributed by atoms with van der Waals surface area (Å²) in [5, 5.41) is 15.3. The summed E-state index contributed by atoms with van der Waals surface area (Å²) in [7, 11) is 1.93. The van der Waals surface area contributed by atoms with Gasteiger partial charge in [0.2, 0.25) is 0 Å². The quantitative estimate of drug-likeness (QED) is 0.727. The van der Waals surface area contributed by atoms with Crippen LogP contribution in [0.1, 0.15) is 52.0 Å². The van der Waals surface area contributed by atoms with Gasteiger partial charge in [0.05, 0.1) is 5.92 Å². The summed E-state index contributed by atoms with van der Waals surface area (Å²) in [6.45, 7) is 6.46. The Labute approximate surface area is 159 Å². The van der Waals surface area contributed by atoms with Crippen molar-refractivity contribution < 1.29 is 19.4 Å². The van der Waals surface area contributed by atoms with E-state index in [0.29, 0.717) is 19.4 Å². The highest BCUT2D eigenvalue weighted by Gasteiger charge is 2.54. The topological polar surface area (TPSA) is 105 Å². The van der Waals surface area contributed by atoms with Crippen LogP contribution in [0.25, 0.3) is 0 Å². The normalized spacial score (nSPS) is 30.8. The van der Waals surface area contributed by atoms with Crippen molar-refractivity contribution in [2.45, 2.75) is 58.2 Å². The molecule has 0 spiro atoms. The number of nitrogens with one attached hydrogen (secondary N) is 2. The lowest BCUT2D eigenvalue weighted by molar-refractivity contribution is -0.160. The van der Waals surface area contributed by atoms with E-state index >= 15 is 0 Å². The van der Waals surface area contributed by atoms with E-state index in [0.717, 1.165) is 12.2 Å². The second-order valence-corrected chi connectivity index (χ2v) is 8.44. The average Bonchev–Trinajstić information content (AvgIpc) is 2.99. The lowest BCUT2D eigenvalue weighted by Crippen LogP contribution is -2.58. The Hall–Kier alpha value is -2.09. The van der Waals surface area contributed by atoms with Crippen LogP contribution in [0.15, 0.2) is 12.4 Å². The SMILES string of the molecule is CC(NC(=O)NC1CCOC(c2nccn2C)C1)[C@@H]1C[C@H](C(=O)O)C1(C)C. The molecule has 1 aliphatic heterocycles. The third kappa shape index (κ3) is 3.95. The van der Waals surface area contributed by atoms with Crippen LogP contribution in [-0.2, 0) is 16.6 Å². The minimum atomic E-state index is -0.754. The first-order chi connectivity index (χ1) is 12.7. The second kappa shape index (κ2) is 7.50. The Morgan fingerprint density at radius 2 is 2.15 bits per heavy atom. The molecular formula is C19H30N4O4. The summed E-state index contributed by atoms with van der Waals surface area (Å²) >= 11 is 0. The lowest BCUT2D eigenvalue weighted by atomic mass is 9.53. The maximum Gasteiger partial charge on any atom is 0.315 e. The van der Waals surface area contributed by atoms with Gasteiger partial charge in [0.1, 0.15) is 11.9 Å². The molecule has 2 amide bonds. The van der Waals surface area contributed by atoms with Gasteiger partial charge >= 0.3 is 12.0 Å². The summed E-state index contributed by atoms with van der Waals surface area (Å²) in [5.41, 5.74) is -0.319. The molecular weight excluding hydrogens is 348 g/mol. The minimum Gasteiger partial charge on any atom is -0.481 e. The first-order valence-electron chi connectivity index (χ1n) is 9.58. The predicted molar refractivity (Wildman–Crippen MR) is 99.1 cm³/mol. The van der Waals surface area contributed by atoms with E-state index in [1.165, 1.54) is 0 Å². The van der Waals surface area contributed by atoms with E-state index in [4.69, 9.17) is 4.74 Å². The van der Waals surface area contributed by atoms with E-state index in [-0.39, 0.29) is 41.5 Å². The van der Waals surface area contributed by atoms with E-state index in [1.807, 2.05) is 38.6 Å². The first kappa shape index (κ1) is 19.7. The molecule has 2 fully saturated rings. The number of carbonyl (C=O) groups is 2. The molecule has 1 saturated carbocycles. The van der Waals surface area contributed by atoms with Crippen molar-refractivity contribution in [3.8, 4) is 0 Å². The fourth-order valence-electron chi connectivity index (χ4n) is 4.56. The molecule has 2 aliphatic rings. The summed E-state index contributed by atoms with van der Waals surface area (Å²) in [6, 6.07) is -0.267. The highest BCUT2D eigenvalue weighted by atomic mass is 16.5. The predicted octanol–water partition coefficient (Wildman–Crippen LogP) is 2.07. The molecule has 2 heterocycles. The number of carboxylic acids is 1. The van der Waals surface area contributed by atoms with Crippen molar-refractivity contribution in [2.24, 2.45) is 24.3 Å². The van der Waals surface area contributed by atoms with Crippen molar-refractivity contribution in [3.05, 3.63) is 18.2 Å². The van der Waals surface area contributed by atoms with Crippen LogP contribution in [0.3, 0.4) is 0 Å². The average molecular weight is 378 g/mol. The van der Waals surface area contributed by atoms with Gasteiger partial charge in [0, 0.05) is 44.6 Å². The largest absolute Gasteiger partial charge is 0.481 e. The van der Waals surface area contributed by atoms with E-state index in [1.54, 1.807) is 6.20 Å². The summed E-state index contributed by atoms with van der Waals surface area (Å²) in [6.07, 6.45) is 5.55. The van der Waals surface area contributed by atoms with Crippen LogP contribution in [0.2, 0.25) is 0 Å². The Kier molecular flexibility index (Phi) is 5.46. The zero-order valence-corrected chi connectivity index (χ0v) is 16.4. The number of imidazole rings is 1. The Morgan fingerprint density at radius 3 is 2.74 bits per heavy atom. The first-order valence-corrected chi connectivity index (χ1v) is 9.58. The van der Waals surface area contributed by atoms with Gasteiger partial charge in [-0.05, 0) is 31.1 Å². The molecule has 3 unspecified atom stereocenters. The molecule has 0 aromatic carbocycles. The number of hydrogen-bond acceptors (Lipinski definition) is 4. The number of amides is 2. The van der Waals surface area contributed by atoms with Gasteiger partial charge in [-0.15, -0.1) is 0 Å². The number of carboxylic acid groups (broad SMARTS) is 1. The monoisotopic (exact) mass is 378 g/mol. The van der Waals surface area contributed by atoms with Gasteiger partial charge in [-0.1, -0.05) is 13.8 Å². The van der Waals surface area contributed by atoms with Gasteiger partial charge in [-0.2, -0.15) is 0 Å². The molecule has 1 saturated heterocycles. The molecule has 3 N–H and O–H groups in total. The van der Waals surface area contributed by atoms with Crippen molar-refractivity contribution in [1.29, 1.82) is 0 Å². The third-order valence-electron chi connectivity index (χ3n) is 6.37. The highest BCUT2D eigenvalue weighted by Crippen LogP contribution is 2.52. The maximum absolute atomic E-state index is 12.5. The molecule has 1 aliphatic carbocycles. The van der Waals surface area contributed by atoms with Gasteiger partial charge in [0.15, 0.2) is 0 Å². The molecule has 3 rings (SSSR count). The Balaban J connectivity index is 1.50. The lowest BCUT2D eigenvalue weighted by Gasteiger charge is -2.52. The molecule has 8 nitrogen and oxygen atoms in total. The molecule has 1 aromatic heterocycles. The number of nitrogens with zero attached hydrogens (tertiary/aromatic N) is 2. The molecule has 8 heteroatoms. The zero-order valence-electron chi connectivity index (χ0n) is 16.4. The number of ether oxygens (including phenoxy) is 1. The number of aliphatic carboxylic acids is 1. The Bertz CT molecular complexity index is 702. The van der Waals surface area contributed by atoms with Crippen molar-refractivity contribution >= 4 is 12.0 Å². The molecule has 0 bridgehead atoms. The fourth-order valence-corrected chi connectivity index (χ4v) is 4.56. The standard InChI is InChI=1S/C19H30N4O4/c1-11(13-10-14(17(24)25)19(13,2)3)21-18(26)22-12-5-8-27-15(9-12)16-20-6-7-23(16)4/h6-7,11-15H,5,8-10H2,1-4H3,(H,24,25)(H2,21,22,26)/t11?,12?,13-,14+,15?/m0/s1. The van der Waals surface area contributed by atoms with Crippen LogP contribution in [0.4, 0.5) is 4.79 Å². The maximum atomic E-state index is 12.5. The highest BCUT2D eigenvalue weighted by molar-refractivity contribution is 5.75. The number of aromatic nitrogens is 2. The second-order valence-electron chi connectivity index (χ2n) is 8.44. The van der Waals surface area contributed by atoms with Gasteiger partial charge in [0.25, 0.3) is 0 Å². The van der Waals surface area contributed by atoms with Crippen LogP contribution in [0, 0.1) is 17.3 Å². The number of aryl methyl sites for hydroxylation is 1.